The lowest BCUT2D eigenvalue weighted by atomic mass is 10.1. The van der Waals surface area contributed by atoms with Gasteiger partial charge in [0.05, 0.1) is 12.6 Å². The predicted molar refractivity (Wildman–Crippen MR) is 67.3 cm³/mol. The minimum Gasteiger partial charge on any atom is -0.394 e. The van der Waals surface area contributed by atoms with E-state index in [0.717, 1.165) is 10.9 Å². The normalized spacial score (nSPS) is 12.6. The van der Waals surface area contributed by atoms with Crippen molar-refractivity contribution in [1.82, 2.24) is 5.32 Å². The van der Waals surface area contributed by atoms with E-state index in [1.807, 2.05) is 17.5 Å². The van der Waals surface area contributed by atoms with Crippen LogP contribution in [0, 0.1) is 11.6 Å². The molecule has 1 atom stereocenters. The smallest absolute Gasteiger partial charge is 0.163 e. The van der Waals surface area contributed by atoms with Gasteiger partial charge in [-0.1, -0.05) is 18.2 Å². The van der Waals surface area contributed by atoms with Gasteiger partial charge in [-0.15, -0.1) is 11.3 Å². The van der Waals surface area contributed by atoms with Gasteiger partial charge in [-0.05, 0) is 17.5 Å². The summed E-state index contributed by atoms with van der Waals surface area (Å²) in [7, 11) is 0. The summed E-state index contributed by atoms with van der Waals surface area (Å²) in [4.78, 5) is 1.07. The molecule has 2 N–H and O–H groups in total. The van der Waals surface area contributed by atoms with E-state index >= 15 is 0 Å². The Bertz CT molecular complexity index is 502. The number of aliphatic hydroxyl groups is 1. The molecule has 0 saturated carbocycles. The first-order valence-corrected chi connectivity index (χ1v) is 6.41. The third kappa shape index (κ3) is 2.93. The van der Waals surface area contributed by atoms with Crippen molar-refractivity contribution in [2.75, 3.05) is 6.61 Å². The zero-order valence-corrected chi connectivity index (χ0v) is 10.4. The number of nitrogens with one attached hydrogen (secondary N) is 1. The lowest BCUT2D eigenvalue weighted by Crippen LogP contribution is -2.24. The second-order valence-corrected chi connectivity index (χ2v) is 4.87. The highest BCUT2D eigenvalue weighted by molar-refractivity contribution is 7.09. The Hall–Kier alpha value is -1.30. The predicted octanol–water partition coefficient (Wildman–Crippen LogP) is 2.85. The highest BCUT2D eigenvalue weighted by Crippen LogP contribution is 2.20. The summed E-state index contributed by atoms with van der Waals surface area (Å²) in [5.74, 6) is -1.81. The van der Waals surface area contributed by atoms with E-state index in [4.69, 9.17) is 0 Å². The van der Waals surface area contributed by atoms with Gasteiger partial charge in [0.25, 0.3) is 0 Å². The summed E-state index contributed by atoms with van der Waals surface area (Å²) in [6, 6.07) is 7.21. The van der Waals surface area contributed by atoms with Crippen molar-refractivity contribution in [3.05, 3.63) is 57.8 Å². The van der Waals surface area contributed by atoms with Gasteiger partial charge in [-0.25, -0.2) is 8.78 Å². The Balaban J connectivity index is 2.10. The number of hydrogen-bond donors (Lipinski definition) is 2. The maximum atomic E-state index is 13.6. The number of benzene rings is 1. The van der Waals surface area contributed by atoms with E-state index in [1.54, 1.807) is 11.3 Å². The minimum absolute atomic E-state index is 0.147. The average molecular weight is 269 g/mol. The van der Waals surface area contributed by atoms with Gasteiger partial charge in [0, 0.05) is 17.0 Å². The first kappa shape index (κ1) is 13.1. The third-order valence-corrected chi connectivity index (χ3v) is 3.52. The van der Waals surface area contributed by atoms with Crippen LogP contribution in [0.15, 0.2) is 35.7 Å². The monoisotopic (exact) mass is 269 g/mol. The van der Waals surface area contributed by atoms with Gasteiger partial charge in [0.2, 0.25) is 0 Å². The zero-order valence-electron chi connectivity index (χ0n) is 9.57. The van der Waals surface area contributed by atoms with Crippen LogP contribution >= 0.6 is 11.3 Å². The molecule has 0 amide bonds. The fraction of sp³-hybridized carbons (Fsp3) is 0.231. The molecule has 18 heavy (non-hydrogen) atoms. The highest BCUT2D eigenvalue weighted by Gasteiger charge is 2.17. The van der Waals surface area contributed by atoms with Crippen LogP contribution in [-0.2, 0) is 6.54 Å². The molecular weight excluding hydrogens is 256 g/mol. The van der Waals surface area contributed by atoms with E-state index in [9.17, 15) is 13.9 Å². The standard InChI is InChI=1S/C13H13F2NOS/c14-11-5-1-4-10(13(11)15)12(8-17)16-7-9-3-2-6-18-9/h1-6,12,16-17H,7-8H2. The van der Waals surface area contributed by atoms with E-state index < -0.39 is 17.7 Å². The van der Waals surface area contributed by atoms with Crippen LogP contribution in [-0.4, -0.2) is 11.7 Å². The van der Waals surface area contributed by atoms with E-state index in [-0.39, 0.29) is 12.2 Å². The van der Waals surface area contributed by atoms with E-state index in [0.29, 0.717) is 6.54 Å². The summed E-state index contributed by atoms with van der Waals surface area (Å²) in [5.41, 5.74) is 0.147. The number of hydrogen-bond acceptors (Lipinski definition) is 3. The van der Waals surface area contributed by atoms with Crippen LogP contribution in [0.25, 0.3) is 0 Å². The van der Waals surface area contributed by atoms with Gasteiger partial charge < -0.3 is 10.4 Å². The second kappa shape index (κ2) is 6.04. The van der Waals surface area contributed by atoms with Crippen LogP contribution in [0.5, 0.6) is 0 Å². The van der Waals surface area contributed by atoms with Crippen LogP contribution < -0.4 is 5.32 Å². The van der Waals surface area contributed by atoms with Crippen LogP contribution in [0.3, 0.4) is 0 Å². The number of rotatable bonds is 5. The summed E-state index contributed by atoms with van der Waals surface area (Å²) < 4.78 is 26.7. The van der Waals surface area contributed by atoms with E-state index in [2.05, 4.69) is 5.32 Å². The molecule has 2 aromatic rings. The van der Waals surface area contributed by atoms with Crippen molar-refractivity contribution in [2.24, 2.45) is 0 Å². The fourth-order valence-corrected chi connectivity index (χ4v) is 2.36. The lowest BCUT2D eigenvalue weighted by molar-refractivity contribution is 0.240. The van der Waals surface area contributed by atoms with Crippen LogP contribution in [0.2, 0.25) is 0 Å². The first-order chi connectivity index (χ1) is 8.72. The van der Waals surface area contributed by atoms with Crippen molar-refractivity contribution in [3.8, 4) is 0 Å². The maximum absolute atomic E-state index is 13.6. The molecule has 5 heteroatoms. The quantitative estimate of drug-likeness (QED) is 0.875. The fourth-order valence-electron chi connectivity index (χ4n) is 1.70. The Labute approximate surface area is 108 Å². The molecule has 0 radical (unpaired) electrons. The van der Waals surface area contributed by atoms with Crippen molar-refractivity contribution < 1.29 is 13.9 Å². The lowest BCUT2D eigenvalue weighted by Gasteiger charge is -2.17. The van der Waals surface area contributed by atoms with Gasteiger partial charge in [-0.2, -0.15) is 0 Å². The van der Waals surface area contributed by atoms with Crippen molar-refractivity contribution in [1.29, 1.82) is 0 Å². The summed E-state index contributed by atoms with van der Waals surface area (Å²) in [6.45, 7) is 0.227. The number of thiophene rings is 1. The molecule has 1 unspecified atom stereocenters. The zero-order chi connectivity index (χ0) is 13.0. The van der Waals surface area contributed by atoms with Crippen LogP contribution in [0.1, 0.15) is 16.5 Å². The number of halogens is 2. The minimum atomic E-state index is -0.907. The molecule has 96 valence electrons. The molecule has 2 rings (SSSR count). The van der Waals surface area contributed by atoms with Crippen molar-refractivity contribution >= 4 is 11.3 Å². The Morgan fingerprint density at radius 1 is 1.22 bits per heavy atom. The largest absolute Gasteiger partial charge is 0.394 e. The molecule has 0 spiro atoms. The molecule has 0 fully saturated rings. The molecule has 0 bridgehead atoms. The number of aliphatic hydroxyl groups excluding tert-OH is 1. The highest BCUT2D eigenvalue weighted by atomic mass is 32.1. The molecule has 1 heterocycles. The van der Waals surface area contributed by atoms with E-state index in [1.165, 1.54) is 12.1 Å². The maximum Gasteiger partial charge on any atom is 0.163 e. The Morgan fingerprint density at radius 2 is 2.06 bits per heavy atom. The molecule has 2 nitrogen and oxygen atoms in total. The Kier molecular flexibility index (Phi) is 4.41. The topological polar surface area (TPSA) is 32.3 Å². The molecule has 0 aliphatic rings. The molecule has 0 saturated heterocycles. The van der Waals surface area contributed by atoms with Crippen LogP contribution in [0.4, 0.5) is 8.78 Å². The second-order valence-electron chi connectivity index (χ2n) is 3.84. The summed E-state index contributed by atoms with van der Waals surface area (Å²) in [5, 5.41) is 14.2. The molecule has 1 aromatic carbocycles. The van der Waals surface area contributed by atoms with Gasteiger partial charge in [0.1, 0.15) is 0 Å². The average Bonchev–Trinajstić information content (AvgIpc) is 2.88. The Morgan fingerprint density at radius 3 is 2.72 bits per heavy atom. The molecule has 0 aliphatic heterocycles. The van der Waals surface area contributed by atoms with Crippen molar-refractivity contribution in [2.45, 2.75) is 12.6 Å². The summed E-state index contributed by atoms with van der Waals surface area (Å²) in [6.07, 6.45) is 0. The van der Waals surface area contributed by atoms with Crippen molar-refractivity contribution in [3.63, 3.8) is 0 Å². The summed E-state index contributed by atoms with van der Waals surface area (Å²) >= 11 is 1.57. The molecule has 1 aromatic heterocycles. The third-order valence-electron chi connectivity index (χ3n) is 2.64. The van der Waals surface area contributed by atoms with Gasteiger partial charge in [0.15, 0.2) is 11.6 Å². The first-order valence-electron chi connectivity index (χ1n) is 5.53. The molecule has 0 aliphatic carbocycles. The SMILES string of the molecule is OCC(NCc1cccs1)c1cccc(F)c1F. The van der Waals surface area contributed by atoms with Gasteiger partial charge >= 0.3 is 0 Å². The van der Waals surface area contributed by atoms with Gasteiger partial charge in [-0.3, -0.25) is 0 Å². The molecular formula is C13H13F2NOS.